The van der Waals surface area contributed by atoms with E-state index < -0.39 is 11.9 Å². The molecule has 2 fully saturated rings. The molecule has 0 bridgehead atoms. The zero-order chi connectivity index (χ0) is 43.6. The number of carbonyl (C=O) groups is 2. The summed E-state index contributed by atoms with van der Waals surface area (Å²) in [6, 6.07) is 11.5. The molecule has 3 aromatic heterocycles. The zero-order valence-corrected chi connectivity index (χ0v) is 35.4. The van der Waals surface area contributed by atoms with Crippen molar-refractivity contribution in [1.29, 1.82) is 0 Å². The topological polar surface area (TPSA) is 223 Å². The Kier molecular flexibility index (Phi) is 14.4. The summed E-state index contributed by atoms with van der Waals surface area (Å²) >= 11 is 12.8. The van der Waals surface area contributed by atoms with Gasteiger partial charge in [-0.25, -0.2) is 29.7 Å². The van der Waals surface area contributed by atoms with Crippen LogP contribution < -0.4 is 34.9 Å². The largest absolute Gasteiger partial charge is 0.495 e. The van der Waals surface area contributed by atoms with Crippen molar-refractivity contribution in [2.24, 2.45) is 5.29 Å². The number of carbonyl (C=O) groups excluding carboxylic acids is 2. The van der Waals surface area contributed by atoms with E-state index in [2.05, 4.69) is 40.8 Å². The Hall–Kier alpha value is -6.44. The van der Waals surface area contributed by atoms with E-state index in [0.29, 0.717) is 58.4 Å². The highest BCUT2D eigenvalue weighted by Crippen LogP contribution is 2.32. The number of amides is 1. The lowest BCUT2D eigenvalue weighted by molar-refractivity contribution is 0.0482. The van der Waals surface area contributed by atoms with Crippen molar-refractivity contribution in [2.75, 3.05) is 60.6 Å². The van der Waals surface area contributed by atoms with Crippen LogP contribution in [0.3, 0.4) is 0 Å². The third-order valence-electron chi connectivity index (χ3n) is 10.5. The second-order valence-electron chi connectivity index (χ2n) is 14.4. The first kappa shape index (κ1) is 43.6. The summed E-state index contributed by atoms with van der Waals surface area (Å²) in [5.74, 6) is 0.928. The van der Waals surface area contributed by atoms with Crippen LogP contribution in [0.25, 0.3) is 0 Å². The summed E-state index contributed by atoms with van der Waals surface area (Å²) in [5, 5.41) is 21.1. The number of hydrogen-bond donors (Lipinski definition) is 3. The number of rotatable bonds is 18. The highest BCUT2D eigenvalue weighted by molar-refractivity contribution is 6.32. The maximum Gasteiger partial charge on any atom is 0.343 e. The van der Waals surface area contributed by atoms with E-state index in [9.17, 15) is 19.6 Å². The van der Waals surface area contributed by atoms with Crippen LogP contribution in [0, 0.1) is 4.91 Å². The van der Waals surface area contributed by atoms with E-state index >= 15 is 0 Å². The average molecular weight is 888 g/mol. The first-order chi connectivity index (χ1) is 30.2. The van der Waals surface area contributed by atoms with Crippen molar-refractivity contribution in [2.45, 2.75) is 57.4 Å². The lowest BCUT2D eigenvalue weighted by Gasteiger charge is -2.26. The molecule has 2 aromatic carbocycles. The van der Waals surface area contributed by atoms with Gasteiger partial charge in [0.2, 0.25) is 11.9 Å². The van der Waals surface area contributed by atoms with Gasteiger partial charge < -0.3 is 39.8 Å². The molecule has 0 radical (unpaired) electrons. The van der Waals surface area contributed by atoms with E-state index in [1.165, 1.54) is 26.6 Å². The molecule has 1 amide bonds. The van der Waals surface area contributed by atoms with Crippen molar-refractivity contribution in [3.8, 4) is 11.5 Å². The molecule has 19 nitrogen and oxygen atoms in total. The lowest BCUT2D eigenvalue weighted by Crippen LogP contribution is -2.36. The number of nitrogens with one attached hydrogen (secondary N) is 2. The highest BCUT2D eigenvalue weighted by Gasteiger charge is 2.32. The average Bonchev–Trinajstić information content (AvgIpc) is 3.99. The van der Waals surface area contributed by atoms with Gasteiger partial charge in [-0.3, -0.25) is 4.79 Å². The van der Waals surface area contributed by atoms with Crippen LogP contribution in [0.2, 0.25) is 10.0 Å². The molecule has 0 unspecified atom stereocenters. The molecular weight excluding hydrogens is 843 g/mol. The normalized spacial score (nSPS) is 15.9. The van der Waals surface area contributed by atoms with Gasteiger partial charge in [-0.05, 0) is 67.1 Å². The van der Waals surface area contributed by atoms with E-state index in [1.807, 2.05) is 15.9 Å². The molecule has 0 saturated carbocycles. The number of benzene rings is 2. The first-order valence-electron chi connectivity index (χ1n) is 19.8. The number of esters is 1. The minimum absolute atomic E-state index is 0.0707. The third-order valence-corrected chi connectivity index (χ3v) is 11.1. The molecule has 2 atom stereocenters. The van der Waals surface area contributed by atoms with Gasteiger partial charge in [0.25, 0.3) is 5.91 Å². The number of hydrogen-bond acceptors (Lipinski definition) is 17. The predicted octanol–water partition coefficient (Wildman–Crippen LogP) is 5.40. The number of aliphatic hydroxyl groups is 1. The van der Waals surface area contributed by atoms with Crippen molar-refractivity contribution in [1.82, 2.24) is 35.2 Å². The summed E-state index contributed by atoms with van der Waals surface area (Å²) in [6.07, 6.45) is 8.86. The molecule has 324 valence electrons. The second kappa shape index (κ2) is 20.4. The SMILES string of the molecule is COc1ccc(CNc2nc(N3CCC[C@H]3COC(=O)c3cnc(N4CCC[C@H]4CO)nc3N(Cc3ccc(OC)c(Cl)c3)N=O)ncc2C(=O)NCc2ncccn2)cc1Cl. The van der Waals surface area contributed by atoms with Gasteiger partial charge in [0.05, 0.1) is 61.3 Å². The van der Waals surface area contributed by atoms with Gasteiger partial charge >= 0.3 is 5.97 Å². The number of nitrogens with zero attached hydrogens (tertiary/aromatic N) is 10. The van der Waals surface area contributed by atoms with E-state index in [4.69, 9.17) is 42.4 Å². The van der Waals surface area contributed by atoms with Crippen molar-refractivity contribution < 1.29 is 28.9 Å². The molecule has 0 aliphatic carbocycles. The van der Waals surface area contributed by atoms with Crippen LogP contribution >= 0.6 is 23.2 Å². The molecule has 2 aliphatic rings. The van der Waals surface area contributed by atoms with Gasteiger partial charge in [-0.1, -0.05) is 35.3 Å². The number of methoxy groups -OCH3 is 2. The lowest BCUT2D eigenvalue weighted by atomic mass is 10.2. The van der Waals surface area contributed by atoms with Crippen LogP contribution in [0.5, 0.6) is 11.5 Å². The fourth-order valence-corrected chi connectivity index (χ4v) is 7.83. The van der Waals surface area contributed by atoms with E-state index in [0.717, 1.165) is 29.8 Å². The third kappa shape index (κ3) is 10.2. The van der Waals surface area contributed by atoms with Crippen LogP contribution in [-0.2, 0) is 24.4 Å². The molecule has 2 saturated heterocycles. The molecule has 3 N–H and O–H groups in total. The van der Waals surface area contributed by atoms with E-state index in [1.54, 1.807) is 48.8 Å². The quantitative estimate of drug-likeness (QED) is 0.0569. The maximum atomic E-state index is 14.0. The monoisotopic (exact) mass is 886 g/mol. The van der Waals surface area contributed by atoms with Gasteiger partial charge in [0.15, 0.2) is 5.82 Å². The van der Waals surface area contributed by atoms with Gasteiger partial charge in [-0.15, -0.1) is 4.91 Å². The highest BCUT2D eigenvalue weighted by atomic mass is 35.5. The second-order valence-corrected chi connectivity index (χ2v) is 15.2. The number of nitroso groups, excluding NO2 is 1. The summed E-state index contributed by atoms with van der Waals surface area (Å²) in [5.41, 5.74) is 1.51. The molecule has 0 spiro atoms. The Labute approximate surface area is 366 Å². The Balaban J connectivity index is 1.11. The molecular formula is C41H44Cl2N12O7. The first-order valence-corrected chi connectivity index (χ1v) is 20.5. The summed E-state index contributed by atoms with van der Waals surface area (Å²) in [6.45, 7) is 1.21. The molecule has 5 aromatic rings. The minimum atomic E-state index is -0.782. The van der Waals surface area contributed by atoms with Crippen LogP contribution in [-0.4, -0.2) is 99.5 Å². The zero-order valence-electron chi connectivity index (χ0n) is 33.9. The van der Waals surface area contributed by atoms with Crippen LogP contribution in [0.4, 0.5) is 23.5 Å². The molecule has 2 aliphatic heterocycles. The minimum Gasteiger partial charge on any atom is -0.495 e. The molecule has 5 heterocycles. The Morgan fingerprint density at radius 1 is 0.855 bits per heavy atom. The number of aliphatic hydroxyl groups excluding tert-OH is 1. The number of ether oxygens (including phenoxy) is 3. The van der Waals surface area contributed by atoms with Gasteiger partial charge in [0, 0.05) is 44.4 Å². The van der Waals surface area contributed by atoms with Crippen molar-refractivity contribution >= 4 is 58.6 Å². The van der Waals surface area contributed by atoms with Crippen molar-refractivity contribution in [3.05, 3.63) is 110 Å². The smallest absolute Gasteiger partial charge is 0.343 e. The Bertz CT molecular complexity index is 2380. The van der Waals surface area contributed by atoms with Crippen LogP contribution in [0.15, 0.2) is 72.5 Å². The summed E-state index contributed by atoms with van der Waals surface area (Å²) in [4.78, 5) is 70.5. The van der Waals surface area contributed by atoms with E-state index in [-0.39, 0.29) is 73.6 Å². The number of halogens is 2. The fourth-order valence-electron chi connectivity index (χ4n) is 7.27. The van der Waals surface area contributed by atoms with Gasteiger partial charge in [-0.2, -0.15) is 9.97 Å². The summed E-state index contributed by atoms with van der Waals surface area (Å²) < 4.78 is 16.5. The fraction of sp³-hybridized carbons (Fsp3) is 0.366. The number of aromatic nitrogens is 6. The maximum absolute atomic E-state index is 14.0. The summed E-state index contributed by atoms with van der Waals surface area (Å²) in [7, 11) is 3.03. The molecule has 62 heavy (non-hydrogen) atoms. The van der Waals surface area contributed by atoms with Crippen LogP contribution in [0.1, 0.15) is 63.4 Å². The van der Waals surface area contributed by atoms with Crippen molar-refractivity contribution in [3.63, 3.8) is 0 Å². The molecule has 21 heteroatoms. The predicted molar refractivity (Wildman–Crippen MR) is 231 cm³/mol. The molecule has 7 rings (SSSR count). The Morgan fingerprint density at radius 3 is 2.15 bits per heavy atom. The number of anilines is 4. The Morgan fingerprint density at radius 2 is 1.48 bits per heavy atom. The van der Waals surface area contributed by atoms with Gasteiger partial charge in [0.1, 0.15) is 40.9 Å². The standard InChI is InChI=1S/C41H44Cl2N12O7/c1-60-33-10-8-25(16-31(33)42)18-46-36-29(38(57)47-21-35-44-12-5-13-45-35)19-48-40(50-36)54-15-4-7-28(54)24-62-39(58)30-20-49-41(53-14-3-6-27(53)23-56)51-37(30)55(52-59)22-26-9-11-34(61-2)32(43)17-26/h5,8-13,16-17,19-20,27-28,56H,3-4,6-7,14-15,18,21-24H2,1-2H3,(H,47,57)(H,46,48,50)/t27-,28-/m0/s1.